The van der Waals surface area contributed by atoms with Gasteiger partial charge in [0.2, 0.25) is 0 Å². The minimum absolute atomic E-state index is 0.214. The first-order chi connectivity index (χ1) is 9.09. The Balaban J connectivity index is 2.06. The topological polar surface area (TPSA) is 38.9 Å². The molecule has 1 aromatic heterocycles. The Bertz CT molecular complexity index is 593. The first-order valence-corrected chi connectivity index (χ1v) is 7.24. The molecule has 1 aromatic carbocycles. The van der Waals surface area contributed by atoms with Crippen LogP contribution >= 0.6 is 0 Å². The minimum Gasteiger partial charge on any atom is -0.321 e. The smallest absolute Gasteiger partial charge is 0.0702 e. The van der Waals surface area contributed by atoms with Gasteiger partial charge >= 0.3 is 0 Å². The van der Waals surface area contributed by atoms with Gasteiger partial charge in [-0.2, -0.15) is 0 Å². The predicted octanol–water partition coefficient (Wildman–Crippen LogP) is 3.84. The first kappa shape index (κ1) is 12.6. The van der Waals surface area contributed by atoms with Crippen LogP contribution in [0.3, 0.4) is 0 Å². The Morgan fingerprint density at radius 2 is 2.00 bits per heavy atom. The molecule has 19 heavy (non-hydrogen) atoms. The fourth-order valence-electron chi connectivity index (χ4n) is 3.40. The highest BCUT2D eigenvalue weighted by Crippen LogP contribution is 2.42. The van der Waals surface area contributed by atoms with Crippen LogP contribution in [0.5, 0.6) is 0 Å². The molecule has 2 N–H and O–H groups in total. The molecule has 3 unspecified atom stereocenters. The number of aromatic nitrogens is 1. The molecule has 0 saturated heterocycles. The number of para-hydroxylation sites is 1. The summed E-state index contributed by atoms with van der Waals surface area (Å²) in [6.45, 7) is 4.59. The molecule has 1 saturated carbocycles. The molecule has 0 bridgehead atoms. The second-order valence-electron chi connectivity index (χ2n) is 6.24. The molecule has 1 fully saturated rings. The lowest BCUT2D eigenvalue weighted by molar-refractivity contribution is 0.162. The van der Waals surface area contributed by atoms with Gasteiger partial charge < -0.3 is 5.73 Å². The van der Waals surface area contributed by atoms with Crippen molar-refractivity contribution in [3.63, 3.8) is 0 Å². The van der Waals surface area contributed by atoms with Gasteiger partial charge in [-0.3, -0.25) is 4.98 Å². The largest absolute Gasteiger partial charge is 0.321 e. The Hall–Kier alpha value is -1.41. The summed E-state index contributed by atoms with van der Waals surface area (Å²) in [5, 5.41) is 1.19. The highest BCUT2D eigenvalue weighted by molar-refractivity contribution is 5.79. The van der Waals surface area contributed by atoms with E-state index < -0.39 is 0 Å². The third-order valence-electron chi connectivity index (χ3n) is 4.79. The lowest BCUT2D eigenvalue weighted by Gasteiger charge is -2.42. The molecule has 3 rings (SSSR count). The SMILES string of the molecule is CC1CCC(C)C(N)(c2cnc3ccccc3c2)C1. The molecule has 100 valence electrons. The van der Waals surface area contributed by atoms with Gasteiger partial charge in [0, 0.05) is 17.1 Å². The van der Waals surface area contributed by atoms with Crippen molar-refractivity contribution in [2.24, 2.45) is 17.6 Å². The van der Waals surface area contributed by atoms with Crippen LogP contribution in [0.25, 0.3) is 10.9 Å². The summed E-state index contributed by atoms with van der Waals surface area (Å²) < 4.78 is 0. The van der Waals surface area contributed by atoms with E-state index in [9.17, 15) is 0 Å². The van der Waals surface area contributed by atoms with E-state index in [0.717, 1.165) is 11.9 Å². The van der Waals surface area contributed by atoms with Crippen molar-refractivity contribution < 1.29 is 0 Å². The summed E-state index contributed by atoms with van der Waals surface area (Å²) >= 11 is 0. The fraction of sp³-hybridized carbons (Fsp3) is 0.471. The van der Waals surface area contributed by atoms with E-state index in [2.05, 4.69) is 43.1 Å². The number of fused-ring (bicyclic) bond motifs is 1. The lowest BCUT2D eigenvalue weighted by atomic mass is 9.67. The van der Waals surface area contributed by atoms with Gasteiger partial charge in [0.15, 0.2) is 0 Å². The second-order valence-corrected chi connectivity index (χ2v) is 6.24. The Labute approximate surface area is 115 Å². The predicted molar refractivity (Wildman–Crippen MR) is 79.8 cm³/mol. The molecule has 0 aliphatic heterocycles. The Morgan fingerprint density at radius 3 is 2.84 bits per heavy atom. The molecule has 1 aliphatic carbocycles. The zero-order chi connectivity index (χ0) is 13.5. The number of nitrogens with zero attached hydrogens (tertiary/aromatic N) is 1. The Morgan fingerprint density at radius 1 is 1.21 bits per heavy atom. The molecule has 2 heteroatoms. The molecule has 0 amide bonds. The number of benzene rings is 1. The highest BCUT2D eigenvalue weighted by atomic mass is 14.8. The van der Waals surface area contributed by atoms with Gasteiger partial charge in [0.1, 0.15) is 0 Å². The molecule has 1 heterocycles. The average molecular weight is 254 g/mol. The van der Waals surface area contributed by atoms with Crippen LogP contribution in [-0.4, -0.2) is 4.98 Å². The van der Waals surface area contributed by atoms with Gasteiger partial charge in [0.25, 0.3) is 0 Å². The van der Waals surface area contributed by atoms with Crippen LogP contribution in [0.15, 0.2) is 36.5 Å². The quantitative estimate of drug-likeness (QED) is 0.839. The van der Waals surface area contributed by atoms with Crippen molar-refractivity contribution in [1.82, 2.24) is 4.98 Å². The third-order valence-corrected chi connectivity index (χ3v) is 4.79. The van der Waals surface area contributed by atoms with Crippen molar-refractivity contribution in [1.29, 1.82) is 0 Å². The van der Waals surface area contributed by atoms with E-state index >= 15 is 0 Å². The Kier molecular flexibility index (Phi) is 3.06. The van der Waals surface area contributed by atoms with E-state index in [1.807, 2.05) is 12.3 Å². The summed E-state index contributed by atoms with van der Waals surface area (Å²) in [5.74, 6) is 1.22. The van der Waals surface area contributed by atoms with Gasteiger partial charge in [-0.15, -0.1) is 0 Å². The minimum atomic E-state index is -0.214. The summed E-state index contributed by atoms with van der Waals surface area (Å²) in [7, 11) is 0. The maximum atomic E-state index is 6.77. The van der Waals surface area contributed by atoms with E-state index in [4.69, 9.17) is 5.73 Å². The number of nitrogens with two attached hydrogens (primary N) is 1. The zero-order valence-electron chi connectivity index (χ0n) is 11.8. The van der Waals surface area contributed by atoms with Gasteiger partial charge in [0.05, 0.1) is 5.52 Å². The van der Waals surface area contributed by atoms with Crippen LogP contribution in [0.2, 0.25) is 0 Å². The average Bonchev–Trinajstić information content (AvgIpc) is 2.43. The van der Waals surface area contributed by atoms with Gasteiger partial charge in [-0.05, 0) is 42.4 Å². The summed E-state index contributed by atoms with van der Waals surface area (Å²) in [6, 6.07) is 10.5. The fourth-order valence-corrected chi connectivity index (χ4v) is 3.40. The number of rotatable bonds is 1. The molecule has 2 aromatic rings. The first-order valence-electron chi connectivity index (χ1n) is 7.24. The van der Waals surface area contributed by atoms with Crippen molar-refractivity contribution in [3.8, 4) is 0 Å². The lowest BCUT2D eigenvalue weighted by Crippen LogP contribution is -2.47. The number of pyridine rings is 1. The normalized spacial score (nSPS) is 31.5. The van der Waals surface area contributed by atoms with E-state index in [1.165, 1.54) is 23.8 Å². The monoisotopic (exact) mass is 254 g/mol. The van der Waals surface area contributed by atoms with Crippen molar-refractivity contribution in [2.45, 2.75) is 38.6 Å². The molecular formula is C17H22N2. The van der Waals surface area contributed by atoms with Crippen LogP contribution in [-0.2, 0) is 5.54 Å². The molecule has 3 atom stereocenters. The molecule has 2 nitrogen and oxygen atoms in total. The van der Waals surface area contributed by atoms with E-state index in [-0.39, 0.29) is 5.54 Å². The standard InChI is InChI=1S/C17H22N2/c1-12-7-8-13(2)17(18,10-12)15-9-14-5-3-4-6-16(14)19-11-15/h3-6,9,11-13H,7-8,10,18H2,1-2H3. The molecule has 0 radical (unpaired) electrons. The van der Waals surface area contributed by atoms with Gasteiger partial charge in [-0.25, -0.2) is 0 Å². The maximum Gasteiger partial charge on any atom is 0.0702 e. The molecule has 1 aliphatic rings. The van der Waals surface area contributed by atoms with Gasteiger partial charge in [-0.1, -0.05) is 38.5 Å². The summed E-state index contributed by atoms with van der Waals surface area (Å²) in [6.07, 6.45) is 5.55. The highest BCUT2D eigenvalue weighted by Gasteiger charge is 2.38. The maximum absolute atomic E-state index is 6.77. The van der Waals surface area contributed by atoms with Crippen molar-refractivity contribution >= 4 is 10.9 Å². The number of hydrogen-bond donors (Lipinski definition) is 1. The summed E-state index contributed by atoms with van der Waals surface area (Å²) in [4.78, 5) is 4.58. The van der Waals surface area contributed by atoms with Crippen LogP contribution in [0.4, 0.5) is 0 Å². The zero-order valence-corrected chi connectivity index (χ0v) is 11.8. The second kappa shape index (κ2) is 4.61. The van der Waals surface area contributed by atoms with Crippen molar-refractivity contribution in [3.05, 3.63) is 42.1 Å². The summed E-state index contributed by atoms with van der Waals surface area (Å²) in [5.41, 5.74) is 8.80. The van der Waals surface area contributed by atoms with E-state index in [0.29, 0.717) is 11.8 Å². The molecular weight excluding hydrogens is 232 g/mol. The van der Waals surface area contributed by atoms with Crippen LogP contribution in [0.1, 0.15) is 38.7 Å². The number of hydrogen-bond acceptors (Lipinski definition) is 2. The van der Waals surface area contributed by atoms with Crippen LogP contribution < -0.4 is 5.73 Å². The van der Waals surface area contributed by atoms with Crippen molar-refractivity contribution in [2.75, 3.05) is 0 Å². The molecule has 0 spiro atoms. The third kappa shape index (κ3) is 2.14. The van der Waals surface area contributed by atoms with E-state index in [1.54, 1.807) is 0 Å². The van der Waals surface area contributed by atoms with Crippen LogP contribution in [0, 0.1) is 11.8 Å².